The van der Waals surface area contributed by atoms with Gasteiger partial charge in [-0.2, -0.15) is 0 Å². The number of para-hydroxylation sites is 1. The van der Waals surface area contributed by atoms with Crippen molar-refractivity contribution in [2.45, 2.75) is 13.8 Å². The average Bonchev–Trinajstić information content (AvgIpc) is 2.88. The first-order valence-electron chi connectivity index (χ1n) is 11.4. The van der Waals surface area contributed by atoms with Crippen LogP contribution in [0, 0.1) is 13.8 Å². The van der Waals surface area contributed by atoms with E-state index in [2.05, 4.69) is 10.6 Å². The van der Waals surface area contributed by atoms with Gasteiger partial charge in [0.25, 0.3) is 17.7 Å². The normalized spacial score (nSPS) is 14.4. The summed E-state index contributed by atoms with van der Waals surface area (Å²) < 4.78 is 11.0. The minimum Gasteiger partial charge on any atom is -0.493 e. The largest absolute Gasteiger partial charge is 0.493 e. The van der Waals surface area contributed by atoms with Gasteiger partial charge in [0.2, 0.25) is 0 Å². The van der Waals surface area contributed by atoms with E-state index in [4.69, 9.17) is 9.47 Å². The number of carbonyl (C=O) groups excluding carboxylic acids is 4. The first-order chi connectivity index (χ1) is 17.8. The zero-order chi connectivity index (χ0) is 26.5. The van der Waals surface area contributed by atoms with Crippen molar-refractivity contribution in [3.8, 4) is 11.5 Å². The molecule has 1 fully saturated rings. The Balaban J connectivity index is 1.53. The van der Waals surface area contributed by atoms with Crippen LogP contribution < -0.4 is 25.0 Å². The highest BCUT2D eigenvalue weighted by molar-refractivity contribution is 6.39. The smallest absolute Gasteiger partial charge is 0.335 e. The summed E-state index contributed by atoms with van der Waals surface area (Å²) in [6, 6.07) is 18.1. The number of imide groups is 2. The highest BCUT2D eigenvalue weighted by Crippen LogP contribution is 2.30. The Morgan fingerprint density at radius 3 is 2.41 bits per heavy atom. The fourth-order valence-electron chi connectivity index (χ4n) is 3.68. The van der Waals surface area contributed by atoms with E-state index in [1.54, 1.807) is 60.7 Å². The molecule has 0 bridgehead atoms. The van der Waals surface area contributed by atoms with Crippen LogP contribution in [0.5, 0.6) is 11.5 Å². The Morgan fingerprint density at radius 1 is 0.946 bits per heavy atom. The number of methoxy groups -OCH3 is 1. The number of urea groups is 1. The Labute approximate surface area is 213 Å². The first kappa shape index (κ1) is 25.2. The van der Waals surface area contributed by atoms with E-state index in [0.717, 1.165) is 16.0 Å². The summed E-state index contributed by atoms with van der Waals surface area (Å²) in [5, 5.41) is 4.94. The summed E-state index contributed by atoms with van der Waals surface area (Å²) in [5.74, 6) is -1.28. The molecule has 0 spiro atoms. The zero-order valence-corrected chi connectivity index (χ0v) is 20.5. The lowest BCUT2D eigenvalue weighted by molar-refractivity contribution is -0.122. The molecule has 0 saturated carbocycles. The lowest BCUT2D eigenvalue weighted by Crippen LogP contribution is -2.54. The number of nitrogens with zero attached hydrogens (tertiary/aromatic N) is 1. The maximum Gasteiger partial charge on any atom is 0.335 e. The Bertz CT molecular complexity index is 1410. The second-order valence-corrected chi connectivity index (χ2v) is 8.34. The molecule has 37 heavy (non-hydrogen) atoms. The van der Waals surface area contributed by atoms with Crippen molar-refractivity contribution in [1.82, 2.24) is 5.32 Å². The molecule has 0 aromatic heterocycles. The molecule has 5 amide bonds. The fraction of sp³-hybridized carbons (Fsp3) is 0.143. The third-order valence-electron chi connectivity index (χ3n) is 5.77. The quantitative estimate of drug-likeness (QED) is 0.375. The summed E-state index contributed by atoms with van der Waals surface area (Å²) >= 11 is 0. The van der Waals surface area contributed by atoms with Crippen LogP contribution in [0.15, 0.2) is 72.3 Å². The fourth-order valence-corrected chi connectivity index (χ4v) is 3.68. The third kappa shape index (κ3) is 5.67. The van der Waals surface area contributed by atoms with Gasteiger partial charge in [0, 0.05) is 5.69 Å². The number of barbiturate groups is 1. The van der Waals surface area contributed by atoms with Crippen LogP contribution in [0.3, 0.4) is 0 Å². The van der Waals surface area contributed by atoms with Crippen molar-refractivity contribution in [1.29, 1.82) is 0 Å². The molecule has 9 heteroatoms. The number of anilines is 2. The van der Waals surface area contributed by atoms with Gasteiger partial charge in [-0.1, -0.05) is 30.3 Å². The minimum absolute atomic E-state index is 0.212. The molecule has 1 heterocycles. The molecule has 2 N–H and O–H groups in total. The number of rotatable bonds is 7. The molecule has 0 radical (unpaired) electrons. The molecule has 0 unspecified atom stereocenters. The van der Waals surface area contributed by atoms with Crippen molar-refractivity contribution >= 4 is 41.2 Å². The molecule has 1 aliphatic heterocycles. The van der Waals surface area contributed by atoms with Crippen LogP contribution >= 0.6 is 0 Å². The Kier molecular flexibility index (Phi) is 7.34. The maximum atomic E-state index is 13.2. The monoisotopic (exact) mass is 499 g/mol. The van der Waals surface area contributed by atoms with E-state index >= 15 is 0 Å². The molecule has 1 saturated heterocycles. The maximum absolute atomic E-state index is 13.2. The van der Waals surface area contributed by atoms with Gasteiger partial charge in [0.05, 0.1) is 12.8 Å². The van der Waals surface area contributed by atoms with E-state index in [0.29, 0.717) is 28.4 Å². The molecule has 4 rings (SSSR count). The van der Waals surface area contributed by atoms with E-state index in [-0.39, 0.29) is 18.1 Å². The summed E-state index contributed by atoms with van der Waals surface area (Å²) in [7, 11) is 1.43. The summed E-state index contributed by atoms with van der Waals surface area (Å²) in [6.45, 7) is 3.54. The molecular formula is C28H25N3O6. The molecular weight excluding hydrogens is 474 g/mol. The van der Waals surface area contributed by atoms with Crippen molar-refractivity contribution in [3.05, 3.63) is 89.0 Å². The van der Waals surface area contributed by atoms with Gasteiger partial charge < -0.3 is 14.8 Å². The SMILES string of the molecule is COc1cc(/C=C2\C(=O)NC(=O)N(c3ccc(C)c(C)c3)C2=O)ccc1OCC(=O)Nc1ccccc1. The highest BCUT2D eigenvalue weighted by Gasteiger charge is 2.37. The van der Waals surface area contributed by atoms with Gasteiger partial charge in [-0.05, 0) is 73.0 Å². The van der Waals surface area contributed by atoms with E-state index in [1.165, 1.54) is 13.2 Å². The van der Waals surface area contributed by atoms with Crippen molar-refractivity contribution in [2.24, 2.45) is 0 Å². The van der Waals surface area contributed by atoms with Crippen LogP contribution in [0.25, 0.3) is 6.08 Å². The molecule has 3 aromatic rings. The highest BCUT2D eigenvalue weighted by atomic mass is 16.5. The molecule has 188 valence electrons. The van der Waals surface area contributed by atoms with E-state index in [1.807, 2.05) is 19.9 Å². The summed E-state index contributed by atoms with van der Waals surface area (Å²) in [5.41, 5.74) is 3.17. The average molecular weight is 500 g/mol. The van der Waals surface area contributed by atoms with Crippen LogP contribution in [0.2, 0.25) is 0 Å². The molecule has 1 aliphatic rings. The number of amides is 5. The topological polar surface area (TPSA) is 114 Å². The van der Waals surface area contributed by atoms with Gasteiger partial charge >= 0.3 is 6.03 Å². The van der Waals surface area contributed by atoms with Crippen LogP contribution in [-0.2, 0) is 14.4 Å². The van der Waals surface area contributed by atoms with E-state index < -0.39 is 17.8 Å². The molecule has 0 atom stereocenters. The lowest BCUT2D eigenvalue weighted by Gasteiger charge is -2.26. The Morgan fingerprint density at radius 2 is 1.70 bits per heavy atom. The molecule has 3 aromatic carbocycles. The van der Waals surface area contributed by atoms with Gasteiger partial charge in [0.1, 0.15) is 5.57 Å². The first-order valence-corrected chi connectivity index (χ1v) is 11.4. The molecule has 9 nitrogen and oxygen atoms in total. The van der Waals surface area contributed by atoms with Crippen molar-refractivity contribution in [2.75, 3.05) is 23.9 Å². The Hall–Kier alpha value is -4.92. The standard InChI is InChI=1S/C28H25N3O6/c1-17-9-11-21(13-18(17)2)31-27(34)22(26(33)30-28(31)35)14-19-10-12-23(24(15-19)36-3)37-16-25(32)29-20-7-5-4-6-8-20/h4-15H,16H2,1-3H3,(H,29,32)(H,30,33,35)/b22-14+. The second-order valence-electron chi connectivity index (χ2n) is 8.34. The summed E-state index contributed by atoms with van der Waals surface area (Å²) in [6.07, 6.45) is 1.37. The van der Waals surface area contributed by atoms with Crippen LogP contribution in [-0.4, -0.2) is 37.5 Å². The van der Waals surface area contributed by atoms with Crippen molar-refractivity contribution in [3.63, 3.8) is 0 Å². The number of hydrogen-bond donors (Lipinski definition) is 2. The summed E-state index contributed by atoms with van der Waals surface area (Å²) in [4.78, 5) is 51.3. The van der Waals surface area contributed by atoms with Gasteiger partial charge in [-0.3, -0.25) is 19.7 Å². The number of ether oxygens (including phenoxy) is 2. The van der Waals surface area contributed by atoms with Crippen LogP contribution in [0.1, 0.15) is 16.7 Å². The predicted molar refractivity (Wildman–Crippen MR) is 138 cm³/mol. The minimum atomic E-state index is -0.814. The van der Waals surface area contributed by atoms with Gasteiger partial charge in [0.15, 0.2) is 18.1 Å². The number of benzene rings is 3. The number of aryl methyl sites for hydroxylation is 2. The van der Waals surface area contributed by atoms with Crippen LogP contribution in [0.4, 0.5) is 16.2 Å². The number of carbonyl (C=O) groups is 4. The van der Waals surface area contributed by atoms with E-state index in [9.17, 15) is 19.2 Å². The predicted octanol–water partition coefficient (Wildman–Crippen LogP) is 4.00. The van der Waals surface area contributed by atoms with Gasteiger partial charge in [-0.15, -0.1) is 0 Å². The lowest BCUT2D eigenvalue weighted by atomic mass is 10.0. The number of nitrogens with one attached hydrogen (secondary N) is 2. The van der Waals surface area contributed by atoms with Crippen molar-refractivity contribution < 1.29 is 28.7 Å². The third-order valence-corrected chi connectivity index (χ3v) is 5.77. The second kappa shape index (κ2) is 10.8. The number of hydrogen-bond acceptors (Lipinski definition) is 6. The van der Waals surface area contributed by atoms with Gasteiger partial charge in [-0.25, -0.2) is 9.69 Å². The molecule has 0 aliphatic carbocycles. The zero-order valence-electron chi connectivity index (χ0n) is 20.5.